The molecule has 1 fully saturated rings. The van der Waals surface area contributed by atoms with Crippen LogP contribution in [0, 0.1) is 5.82 Å². The van der Waals surface area contributed by atoms with Crippen molar-refractivity contribution in [2.24, 2.45) is 0 Å². The highest BCUT2D eigenvalue weighted by atomic mass is 19.1. The van der Waals surface area contributed by atoms with Gasteiger partial charge in [-0.25, -0.2) is 9.37 Å². The van der Waals surface area contributed by atoms with Gasteiger partial charge in [-0.15, -0.1) is 0 Å². The van der Waals surface area contributed by atoms with Crippen molar-refractivity contribution in [1.82, 2.24) is 9.55 Å². The Bertz CT molecular complexity index is 859. The number of fused-ring (bicyclic) bond motifs is 1. The molecule has 0 amide bonds. The van der Waals surface area contributed by atoms with Crippen molar-refractivity contribution in [3.8, 4) is 0 Å². The van der Waals surface area contributed by atoms with Crippen LogP contribution in [0.2, 0.25) is 0 Å². The minimum absolute atomic E-state index is 0.109. The van der Waals surface area contributed by atoms with Gasteiger partial charge in [0.2, 0.25) is 5.95 Å². The molecule has 0 aliphatic carbocycles. The Morgan fingerprint density at radius 2 is 1.88 bits per heavy atom. The monoisotopic (exact) mass is 339 g/mol. The van der Waals surface area contributed by atoms with Crippen molar-refractivity contribution in [3.05, 3.63) is 59.9 Å². The zero-order valence-electron chi connectivity index (χ0n) is 14.1. The van der Waals surface area contributed by atoms with Crippen LogP contribution in [0.1, 0.15) is 24.8 Å². The second-order valence-corrected chi connectivity index (χ2v) is 6.64. The van der Waals surface area contributed by atoms with E-state index in [-0.39, 0.29) is 18.5 Å². The standard InChI is InChI=1S/C20H22FN3O/c21-16-10-8-15(9-11-16)13-24-19-7-2-1-6-18(19)22-20(24)23-12-4-3-5-17(23)14-25/h1-2,6-11,17,25H,3-5,12-14H2/t17-/m1/s1. The van der Waals surface area contributed by atoms with Crippen LogP contribution in [0.15, 0.2) is 48.5 Å². The normalized spacial score (nSPS) is 18.0. The minimum Gasteiger partial charge on any atom is -0.394 e. The van der Waals surface area contributed by atoms with Gasteiger partial charge in [0.05, 0.1) is 30.2 Å². The van der Waals surface area contributed by atoms with Crippen LogP contribution >= 0.6 is 0 Å². The number of anilines is 1. The van der Waals surface area contributed by atoms with Gasteiger partial charge in [-0.3, -0.25) is 0 Å². The Morgan fingerprint density at radius 1 is 1.08 bits per heavy atom. The van der Waals surface area contributed by atoms with Gasteiger partial charge in [-0.2, -0.15) is 0 Å². The number of aromatic nitrogens is 2. The van der Waals surface area contributed by atoms with Gasteiger partial charge in [0.15, 0.2) is 0 Å². The molecule has 0 unspecified atom stereocenters. The van der Waals surface area contributed by atoms with Crippen LogP contribution in [-0.4, -0.2) is 33.9 Å². The SMILES string of the molecule is OC[C@H]1CCCCN1c1nc2ccccc2n1Cc1ccc(F)cc1. The maximum atomic E-state index is 13.2. The summed E-state index contributed by atoms with van der Waals surface area (Å²) in [4.78, 5) is 7.08. The predicted molar refractivity (Wildman–Crippen MR) is 97.3 cm³/mol. The maximum Gasteiger partial charge on any atom is 0.207 e. The van der Waals surface area contributed by atoms with Crippen LogP contribution in [0.3, 0.4) is 0 Å². The molecule has 130 valence electrons. The van der Waals surface area contributed by atoms with Crippen molar-refractivity contribution in [2.45, 2.75) is 31.8 Å². The fourth-order valence-electron chi connectivity index (χ4n) is 3.66. The molecule has 2 heterocycles. The first-order chi connectivity index (χ1) is 12.3. The molecule has 0 bridgehead atoms. The summed E-state index contributed by atoms with van der Waals surface area (Å²) in [7, 11) is 0. The molecule has 4 rings (SSSR count). The molecular formula is C20H22FN3O. The van der Waals surface area contributed by atoms with Gasteiger partial charge in [0, 0.05) is 6.54 Å². The number of aliphatic hydroxyl groups excluding tert-OH is 1. The smallest absolute Gasteiger partial charge is 0.207 e. The van der Waals surface area contributed by atoms with Gasteiger partial charge in [0.1, 0.15) is 5.82 Å². The summed E-state index contributed by atoms with van der Waals surface area (Å²) in [5, 5.41) is 9.79. The molecule has 2 aromatic carbocycles. The number of piperidine rings is 1. The highest BCUT2D eigenvalue weighted by molar-refractivity contribution is 5.79. The second-order valence-electron chi connectivity index (χ2n) is 6.64. The first kappa shape index (κ1) is 16.1. The number of nitrogens with zero attached hydrogens (tertiary/aromatic N) is 3. The lowest BCUT2D eigenvalue weighted by molar-refractivity contribution is 0.238. The molecule has 4 nitrogen and oxygen atoms in total. The van der Waals surface area contributed by atoms with Crippen LogP contribution in [0.25, 0.3) is 11.0 Å². The van der Waals surface area contributed by atoms with E-state index in [9.17, 15) is 9.50 Å². The van der Waals surface area contributed by atoms with Crippen LogP contribution < -0.4 is 4.90 Å². The van der Waals surface area contributed by atoms with E-state index in [0.29, 0.717) is 6.54 Å². The molecule has 3 aromatic rings. The number of imidazole rings is 1. The van der Waals surface area contributed by atoms with Crippen molar-refractivity contribution < 1.29 is 9.50 Å². The number of aliphatic hydroxyl groups is 1. The molecule has 0 radical (unpaired) electrons. The van der Waals surface area contributed by atoms with Crippen molar-refractivity contribution in [2.75, 3.05) is 18.1 Å². The molecule has 5 heteroatoms. The third kappa shape index (κ3) is 3.12. The van der Waals surface area contributed by atoms with Gasteiger partial charge in [-0.05, 0) is 49.1 Å². The van der Waals surface area contributed by atoms with E-state index in [1.807, 2.05) is 30.3 Å². The van der Waals surface area contributed by atoms with Gasteiger partial charge >= 0.3 is 0 Å². The molecule has 25 heavy (non-hydrogen) atoms. The van der Waals surface area contributed by atoms with Crippen LogP contribution in [0.5, 0.6) is 0 Å². The lowest BCUT2D eigenvalue weighted by Gasteiger charge is -2.35. The molecular weight excluding hydrogens is 317 g/mol. The minimum atomic E-state index is -0.226. The molecule has 1 saturated heterocycles. The summed E-state index contributed by atoms with van der Waals surface area (Å²) in [5.74, 6) is 0.667. The molecule has 0 saturated carbocycles. The number of hydrogen-bond acceptors (Lipinski definition) is 3. The van der Waals surface area contributed by atoms with Gasteiger partial charge in [-0.1, -0.05) is 24.3 Å². The molecule has 1 atom stereocenters. The topological polar surface area (TPSA) is 41.3 Å². The maximum absolute atomic E-state index is 13.2. The fraction of sp³-hybridized carbons (Fsp3) is 0.350. The van der Waals surface area contributed by atoms with E-state index in [1.54, 1.807) is 0 Å². The molecule has 1 N–H and O–H groups in total. The lowest BCUT2D eigenvalue weighted by atomic mass is 10.0. The molecule has 1 aromatic heterocycles. The van der Waals surface area contributed by atoms with Gasteiger partial charge in [0.25, 0.3) is 0 Å². The van der Waals surface area contributed by atoms with Crippen molar-refractivity contribution >= 4 is 17.0 Å². The summed E-state index contributed by atoms with van der Waals surface area (Å²) in [6.45, 7) is 1.67. The zero-order valence-corrected chi connectivity index (χ0v) is 14.1. The fourth-order valence-corrected chi connectivity index (χ4v) is 3.66. The first-order valence-electron chi connectivity index (χ1n) is 8.83. The largest absolute Gasteiger partial charge is 0.394 e. The Hall–Kier alpha value is -2.40. The summed E-state index contributed by atoms with van der Waals surface area (Å²) < 4.78 is 15.4. The molecule has 0 spiro atoms. The van der Waals surface area contributed by atoms with E-state index >= 15 is 0 Å². The zero-order chi connectivity index (χ0) is 17.2. The highest BCUT2D eigenvalue weighted by Crippen LogP contribution is 2.29. The summed E-state index contributed by atoms with van der Waals surface area (Å²) in [6.07, 6.45) is 3.23. The van der Waals surface area contributed by atoms with E-state index in [1.165, 1.54) is 12.1 Å². The van der Waals surface area contributed by atoms with Gasteiger partial charge < -0.3 is 14.6 Å². The summed E-state index contributed by atoms with van der Waals surface area (Å²) in [6, 6.07) is 14.8. The number of rotatable bonds is 4. The Morgan fingerprint density at radius 3 is 2.68 bits per heavy atom. The first-order valence-corrected chi connectivity index (χ1v) is 8.83. The van der Waals surface area contributed by atoms with Crippen molar-refractivity contribution in [1.29, 1.82) is 0 Å². The third-order valence-electron chi connectivity index (χ3n) is 4.98. The van der Waals surface area contributed by atoms with Crippen molar-refractivity contribution in [3.63, 3.8) is 0 Å². The predicted octanol–water partition coefficient (Wildman–Crippen LogP) is 3.57. The molecule has 1 aliphatic heterocycles. The Labute approximate surface area is 146 Å². The van der Waals surface area contributed by atoms with E-state index in [4.69, 9.17) is 4.98 Å². The second kappa shape index (κ2) is 6.84. The van der Waals surface area contributed by atoms with Crippen LogP contribution in [-0.2, 0) is 6.54 Å². The lowest BCUT2D eigenvalue weighted by Crippen LogP contribution is -2.43. The Kier molecular flexibility index (Phi) is 4.40. The highest BCUT2D eigenvalue weighted by Gasteiger charge is 2.26. The number of para-hydroxylation sites is 2. The quantitative estimate of drug-likeness (QED) is 0.790. The summed E-state index contributed by atoms with van der Waals surface area (Å²) >= 11 is 0. The summed E-state index contributed by atoms with van der Waals surface area (Å²) in [5.41, 5.74) is 3.04. The third-order valence-corrected chi connectivity index (χ3v) is 4.98. The number of hydrogen-bond donors (Lipinski definition) is 1. The van der Waals surface area contributed by atoms with Crippen LogP contribution in [0.4, 0.5) is 10.3 Å². The Balaban J connectivity index is 1.78. The number of halogens is 1. The van der Waals surface area contributed by atoms with E-state index < -0.39 is 0 Å². The average molecular weight is 339 g/mol. The number of benzene rings is 2. The average Bonchev–Trinajstić information content (AvgIpc) is 3.02. The molecule has 1 aliphatic rings. The van der Waals surface area contributed by atoms with E-state index in [2.05, 4.69) is 15.5 Å². The van der Waals surface area contributed by atoms with E-state index in [0.717, 1.165) is 48.4 Å².